The summed E-state index contributed by atoms with van der Waals surface area (Å²) in [5, 5.41) is 11.2. The molecule has 0 fully saturated rings. The van der Waals surface area contributed by atoms with Crippen LogP contribution in [-0.4, -0.2) is 27.9 Å². The van der Waals surface area contributed by atoms with E-state index < -0.39 is 6.61 Å². The molecule has 21 heavy (non-hydrogen) atoms. The van der Waals surface area contributed by atoms with Crippen molar-refractivity contribution >= 4 is 0 Å². The Bertz CT molecular complexity index is 556. The first-order valence-electron chi connectivity index (χ1n) is 6.67. The third-order valence-electron chi connectivity index (χ3n) is 3.21. The van der Waals surface area contributed by atoms with Crippen LogP contribution in [0.1, 0.15) is 24.4 Å². The summed E-state index contributed by atoms with van der Waals surface area (Å²) in [5.41, 5.74) is 1.01. The van der Waals surface area contributed by atoms with Crippen molar-refractivity contribution in [1.82, 2.24) is 20.1 Å². The van der Waals surface area contributed by atoms with Crippen LogP contribution in [0.2, 0.25) is 0 Å². The van der Waals surface area contributed by atoms with E-state index in [4.69, 9.17) is 0 Å². The minimum Gasteiger partial charge on any atom is -0.435 e. The van der Waals surface area contributed by atoms with Crippen LogP contribution in [0.15, 0.2) is 30.6 Å². The van der Waals surface area contributed by atoms with Crippen LogP contribution in [0.4, 0.5) is 8.78 Å². The van der Waals surface area contributed by atoms with Gasteiger partial charge in [0.25, 0.3) is 0 Å². The average molecular weight is 296 g/mol. The van der Waals surface area contributed by atoms with Crippen LogP contribution in [0, 0.1) is 0 Å². The number of hydrogen-bond acceptors (Lipinski definition) is 4. The summed E-state index contributed by atoms with van der Waals surface area (Å²) >= 11 is 0. The maximum Gasteiger partial charge on any atom is 0.387 e. The lowest BCUT2D eigenvalue weighted by Gasteiger charge is -2.14. The fraction of sp³-hybridized carbons (Fsp3) is 0.429. The number of alkyl halides is 2. The van der Waals surface area contributed by atoms with Crippen molar-refractivity contribution in [2.24, 2.45) is 7.05 Å². The zero-order valence-electron chi connectivity index (χ0n) is 12.0. The van der Waals surface area contributed by atoms with Gasteiger partial charge in [-0.05, 0) is 24.6 Å². The van der Waals surface area contributed by atoms with Crippen LogP contribution >= 0.6 is 0 Å². The van der Waals surface area contributed by atoms with Gasteiger partial charge >= 0.3 is 6.61 Å². The van der Waals surface area contributed by atoms with E-state index >= 15 is 0 Å². The van der Waals surface area contributed by atoms with Gasteiger partial charge in [0.15, 0.2) is 0 Å². The van der Waals surface area contributed by atoms with Crippen LogP contribution in [0.5, 0.6) is 5.75 Å². The summed E-state index contributed by atoms with van der Waals surface area (Å²) in [5.74, 6) is 1.08. The van der Waals surface area contributed by atoms with Crippen molar-refractivity contribution in [3.05, 3.63) is 42.0 Å². The predicted octanol–water partition coefficient (Wildman–Crippen LogP) is 2.31. The molecule has 1 N–H and O–H groups in total. The Labute approximate surface area is 121 Å². The second kappa shape index (κ2) is 7.12. The lowest BCUT2D eigenvalue weighted by Crippen LogP contribution is -2.22. The molecule has 0 aliphatic heterocycles. The standard InChI is InChI=1S/C14H18F2N4O/c1-10(17-8-7-13-19-18-9-20(13)2)11-3-5-12(6-4-11)21-14(15)16/h3-6,9-10,14,17H,7-8H2,1-2H3. The topological polar surface area (TPSA) is 52.0 Å². The summed E-state index contributed by atoms with van der Waals surface area (Å²) in [6, 6.07) is 6.75. The van der Waals surface area contributed by atoms with E-state index in [2.05, 4.69) is 20.3 Å². The molecule has 1 heterocycles. The van der Waals surface area contributed by atoms with E-state index in [9.17, 15) is 8.78 Å². The molecule has 0 saturated heterocycles. The number of hydrogen-bond donors (Lipinski definition) is 1. The number of nitrogens with zero attached hydrogens (tertiary/aromatic N) is 3. The number of nitrogens with one attached hydrogen (secondary N) is 1. The minimum absolute atomic E-state index is 0.110. The Morgan fingerprint density at radius 2 is 2.00 bits per heavy atom. The molecule has 7 heteroatoms. The minimum atomic E-state index is -2.79. The molecule has 5 nitrogen and oxygen atoms in total. The molecular weight excluding hydrogens is 278 g/mol. The Kier molecular flexibility index (Phi) is 5.21. The molecule has 2 rings (SSSR count). The molecule has 0 spiro atoms. The maximum absolute atomic E-state index is 12.1. The molecular formula is C14H18F2N4O. The molecule has 1 aromatic heterocycles. The van der Waals surface area contributed by atoms with Crippen molar-refractivity contribution in [2.75, 3.05) is 6.54 Å². The van der Waals surface area contributed by atoms with Gasteiger partial charge in [-0.25, -0.2) is 0 Å². The van der Waals surface area contributed by atoms with Crippen LogP contribution in [0.3, 0.4) is 0 Å². The lowest BCUT2D eigenvalue weighted by atomic mass is 10.1. The van der Waals surface area contributed by atoms with E-state index in [1.54, 1.807) is 30.6 Å². The molecule has 1 aromatic carbocycles. The second-order valence-electron chi connectivity index (χ2n) is 4.73. The van der Waals surface area contributed by atoms with Gasteiger partial charge in [-0.1, -0.05) is 12.1 Å². The summed E-state index contributed by atoms with van der Waals surface area (Å²) in [4.78, 5) is 0. The van der Waals surface area contributed by atoms with Gasteiger partial charge in [-0.3, -0.25) is 0 Å². The van der Waals surface area contributed by atoms with Crippen molar-refractivity contribution in [2.45, 2.75) is 26.0 Å². The molecule has 0 aliphatic carbocycles. The molecule has 0 amide bonds. The van der Waals surface area contributed by atoms with Crippen molar-refractivity contribution in [3.63, 3.8) is 0 Å². The molecule has 0 saturated carbocycles. The molecule has 1 atom stereocenters. The third-order valence-corrected chi connectivity index (χ3v) is 3.21. The van der Waals surface area contributed by atoms with Gasteiger partial charge < -0.3 is 14.6 Å². The third kappa shape index (κ3) is 4.49. The van der Waals surface area contributed by atoms with Gasteiger partial charge in [0.2, 0.25) is 0 Å². The summed E-state index contributed by atoms with van der Waals surface area (Å²) < 4.78 is 30.3. The van der Waals surface area contributed by atoms with Crippen molar-refractivity contribution in [1.29, 1.82) is 0 Å². The smallest absolute Gasteiger partial charge is 0.387 e. The maximum atomic E-state index is 12.1. The highest BCUT2D eigenvalue weighted by molar-refractivity contribution is 5.28. The van der Waals surface area contributed by atoms with E-state index in [1.165, 1.54) is 0 Å². The molecule has 2 aromatic rings. The molecule has 0 radical (unpaired) electrons. The zero-order chi connectivity index (χ0) is 15.2. The predicted molar refractivity (Wildman–Crippen MR) is 74.2 cm³/mol. The highest BCUT2D eigenvalue weighted by atomic mass is 19.3. The summed E-state index contributed by atoms with van der Waals surface area (Å²) in [6.45, 7) is -0.0272. The van der Waals surface area contributed by atoms with E-state index in [1.807, 2.05) is 18.5 Å². The Balaban J connectivity index is 1.82. The Hall–Kier alpha value is -2.02. The number of halogens is 2. The quantitative estimate of drug-likeness (QED) is 0.852. The molecule has 0 bridgehead atoms. The van der Waals surface area contributed by atoms with E-state index in [0.717, 1.165) is 24.4 Å². The number of rotatable bonds is 7. The van der Waals surface area contributed by atoms with Gasteiger partial charge in [0.05, 0.1) is 0 Å². The van der Waals surface area contributed by atoms with Crippen LogP contribution in [-0.2, 0) is 13.5 Å². The van der Waals surface area contributed by atoms with Crippen molar-refractivity contribution in [3.8, 4) is 5.75 Å². The number of ether oxygens (including phenoxy) is 1. The summed E-state index contributed by atoms with van der Waals surface area (Å²) in [6.07, 6.45) is 2.44. The zero-order valence-corrected chi connectivity index (χ0v) is 12.0. The van der Waals surface area contributed by atoms with Gasteiger partial charge in [0.1, 0.15) is 17.9 Å². The lowest BCUT2D eigenvalue weighted by molar-refractivity contribution is -0.0498. The monoisotopic (exact) mass is 296 g/mol. The Morgan fingerprint density at radius 3 is 2.57 bits per heavy atom. The van der Waals surface area contributed by atoms with Gasteiger partial charge in [-0.2, -0.15) is 8.78 Å². The fourth-order valence-electron chi connectivity index (χ4n) is 1.99. The van der Waals surface area contributed by atoms with E-state index in [0.29, 0.717) is 0 Å². The molecule has 1 unspecified atom stereocenters. The first-order valence-corrected chi connectivity index (χ1v) is 6.67. The first kappa shape index (κ1) is 15.4. The number of benzene rings is 1. The Morgan fingerprint density at radius 1 is 1.29 bits per heavy atom. The van der Waals surface area contributed by atoms with Crippen molar-refractivity contribution < 1.29 is 13.5 Å². The first-order chi connectivity index (χ1) is 10.1. The van der Waals surface area contributed by atoms with Gasteiger partial charge in [-0.15, -0.1) is 10.2 Å². The summed E-state index contributed by atoms with van der Waals surface area (Å²) in [7, 11) is 1.90. The fourth-order valence-corrected chi connectivity index (χ4v) is 1.99. The van der Waals surface area contributed by atoms with Gasteiger partial charge in [0, 0.05) is 26.1 Å². The molecule has 0 aliphatic rings. The highest BCUT2D eigenvalue weighted by Gasteiger charge is 2.08. The van der Waals surface area contributed by atoms with E-state index in [-0.39, 0.29) is 11.8 Å². The number of aromatic nitrogens is 3. The van der Waals surface area contributed by atoms with Crippen LogP contribution < -0.4 is 10.1 Å². The van der Waals surface area contributed by atoms with Crippen LogP contribution in [0.25, 0.3) is 0 Å². The highest BCUT2D eigenvalue weighted by Crippen LogP contribution is 2.19. The second-order valence-corrected chi connectivity index (χ2v) is 4.73. The number of aryl methyl sites for hydroxylation is 1. The SMILES string of the molecule is CC(NCCc1nncn1C)c1ccc(OC(F)F)cc1. The average Bonchev–Trinajstić information content (AvgIpc) is 2.84. The largest absolute Gasteiger partial charge is 0.435 e. The molecule has 114 valence electrons. The normalized spacial score (nSPS) is 12.6.